The molecule has 1 aromatic rings. The molecule has 1 aliphatic rings. The maximum Gasteiger partial charge on any atom is 0.127 e. The van der Waals surface area contributed by atoms with Gasteiger partial charge in [-0.15, -0.1) is 0 Å². The van der Waals surface area contributed by atoms with E-state index in [1.165, 1.54) is 19.3 Å². The largest absolute Gasteiger partial charge is 0.398 e. The van der Waals surface area contributed by atoms with Crippen molar-refractivity contribution in [2.24, 2.45) is 5.92 Å². The van der Waals surface area contributed by atoms with Gasteiger partial charge in [-0.3, -0.25) is 0 Å². The van der Waals surface area contributed by atoms with Crippen LogP contribution in [0, 0.1) is 12.8 Å². The highest BCUT2D eigenvalue weighted by molar-refractivity contribution is 5.53. The van der Waals surface area contributed by atoms with Gasteiger partial charge in [0, 0.05) is 24.5 Å². The van der Waals surface area contributed by atoms with Crippen LogP contribution in [-0.4, -0.2) is 11.5 Å². The van der Waals surface area contributed by atoms with E-state index in [0.29, 0.717) is 0 Å². The highest BCUT2D eigenvalue weighted by atomic mass is 15.0. The van der Waals surface area contributed by atoms with Gasteiger partial charge in [-0.1, -0.05) is 6.42 Å². The fraction of sp³-hybridized carbons (Fsp3) is 0.545. The maximum atomic E-state index is 5.79. The van der Waals surface area contributed by atoms with E-state index < -0.39 is 0 Å². The van der Waals surface area contributed by atoms with Crippen LogP contribution in [0.25, 0.3) is 0 Å². The molecule has 0 bridgehead atoms. The van der Waals surface area contributed by atoms with Gasteiger partial charge in [0.25, 0.3) is 0 Å². The van der Waals surface area contributed by atoms with E-state index >= 15 is 0 Å². The van der Waals surface area contributed by atoms with Crippen LogP contribution in [0.3, 0.4) is 0 Å². The molecule has 14 heavy (non-hydrogen) atoms. The molecular formula is C11H17N3. The third-order valence-corrected chi connectivity index (χ3v) is 2.94. The summed E-state index contributed by atoms with van der Waals surface area (Å²) < 4.78 is 0. The van der Waals surface area contributed by atoms with Gasteiger partial charge in [-0.05, 0) is 31.2 Å². The lowest BCUT2D eigenvalue weighted by molar-refractivity contribution is 0.333. The summed E-state index contributed by atoms with van der Waals surface area (Å²) in [6, 6.07) is 1.91. The van der Waals surface area contributed by atoms with Crippen LogP contribution < -0.4 is 11.1 Å². The van der Waals surface area contributed by atoms with Gasteiger partial charge < -0.3 is 11.1 Å². The zero-order valence-electron chi connectivity index (χ0n) is 8.59. The molecule has 0 saturated heterocycles. The van der Waals surface area contributed by atoms with E-state index in [1.807, 2.05) is 19.2 Å². The lowest BCUT2D eigenvalue weighted by Gasteiger charge is -2.25. The minimum Gasteiger partial charge on any atom is -0.398 e. The van der Waals surface area contributed by atoms with Gasteiger partial charge in [0.1, 0.15) is 5.82 Å². The Balaban J connectivity index is 1.91. The Bertz CT molecular complexity index is 318. The third kappa shape index (κ3) is 1.97. The van der Waals surface area contributed by atoms with Gasteiger partial charge in [0.05, 0.1) is 0 Å². The fourth-order valence-corrected chi connectivity index (χ4v) is 1.58. The minimum atomic E-state index is 0.816. The summed E-state index contributed by atoms with van der Waals surface area (Å²) in [7, 11) is 0. The first kappa shape index (κ1) is 9.31. The minimum absolute atomic E-state index is 0.816. The summed E-state index contributed by atoms with van der Waals surface area (Å²) in [4.78, 5) is 4.28. The second-order valence-corrected chi connectivity index (χ2v) is 4.10. The number of aryl methyl sites for hydroxylation is 1. The average Bonchev–Trinajstić information content (AvgIpc) is 2.08. The number of hydrogen-bond donors (Lipinski definition) is 2. The normalized spacial score (nSPS) is 16.4. The zero-order valence-corrected chi connectivity index (χ0v) is 8.59. The van der Waals surface area contributed by atoms with Crippen LogP contribution in [0.2, 0.25) is 0 Å². The number of nitrogen functional groups attached to an aromatic ring is 1. The van der Waals surface area contributed by atoms with Crippen molar-refractivity contribution in [3.63, 3.8) is 0 Å². The molecule has 2 rings (SSSR count). The molecule has 1 heterocycles. The molecule has 1 saturated carbocycles. The van der Waals surface area contributed by atoms with E-state index in [0.717, 1.165) is 29.5 Å². The van der Waals surface area contributed by atoms with E-state index in [1.54, 1.807) is 0 Å². The molecule has 1 aromatic heterocycles. The Labute approximate surface area is 84.7 Å². The van der Waals surface area contributed by atoms with Crippen LogP contribution in [0.4, 0.5) is 11.5 Å². The molecule has 0 radical (unpaired) electrons. The lowest BCUT2D eigenvalue weighted by Crippen LogP contribution is -2.21. The Hall–Kier alpha value is -1.25. The van der Waals surface area contributed by atoms with Gasteiger partial charge >= 0.3 is 0 Å². The number of nitrogens with two attached hydrogens (primary N) is 1. The zero-order chi connectivity index (χ0) is 9.97. The molecule has 0 amide bonds. The first-order valence-corrected chi connectivity index (χ1v) is 5.21. The number of nitrogens with one attached hydrogen (secondary N) is 1. The van der Waals surface area contributed by atoms with Gasteiger partial charge in [0.2, 0.25) is 0 Å². The molecule has 3 N–H and O–H groups in total. The summed E-state index contributed by atoms with van der Waals surface area (Å²) in [5.41, 5.74) is 7.65. The van der Waals surface area contributed by atoms with E-state index in [9.17, 15) is 0 Å². The molecule has 0 atom stereocenters. The molecule has 1 fully saturated rings. The molecule has 0 spiro atoms. The van der Waals surface area contributed by atoms with Crippen molar-refractivity contribution in [2.45, 2.75) is 26.2 Å². The van der Waals surface area contributed by atoms with E-state index in [4.69, 9.17) is 5.73 Å². The smallest absolute Gasteiger partial charge is 0.127 e. The Kier molecular flexibility index (Phi) is 2.57. The summed E-state index contributed by atoms with van der Waals surface area (Å²) >= 11 is 0. The van der Waals surface area contributed by atoms with Crippen LogP contribution in [0.15, 0.2) is 12.3 Å². The van der Waals surface area contributed by atoms with Crippen LogP contribution in [0.1, 0.15) is 24.8 Å². The number of pyridine rings is 1. The molecule has 0 unspecified atom stereocenters. The molecule has 3 nitrogen and oxygen atoms in total. The summed E-state index contributed by atoms with van der Waals surface area (Å²) in [5, 5.41) is 3.32. The number of rotatable bonds is 3. The Morgan fingerprint density at radius 2 is 2.36 bits per heavy atom. The predicted octanol–water partition coefficient (Wildman–Crippen LogP) is 2.18. The predicted molar refractivity (Wildman–Crippen MR) is 59.2 cm³/mol. The van der Waals surface area contributed by atoms with Gasteiger partial charge in [-0.2, -0.15) is 0 Å². The molecule has 76 valence electrons. The summed E-state index contributed by atoms with van der Waals surface area (Å²) in [6.07, 6.45) is 5.91. The monoisotopic (exact) mass is 191 g/mol. The summed E-state index contributed by atoms with van der Waals surface area (Å²) in [6.45, 7) is 3.01. The van der Waals surface area contributed by atoms with Crippen LogP contribution in [-0.2, 0) is 0 Å². The average molecular weight is 191 g/mol. The van der Waals surface area contributed by atoms with Gasteiger partial charge in [-0.25, -0.2) is 4.98 Å². The number of hydrogen-bond acceptors (Lipinski definition) is 3. The molecule has 3 heteroatoms. The first-order valence-electron chi connectivity index (χ1n) is 5.21. The lowest BCUT2D eigenvalue weighted by atomic mass is 9.85. The molecular weight excluding hydrogens is 174 g/mol. The van der Waals surface area contributed by atoms with Crippen molar-refractivity contribution in [1.82, 2.24) is 4.98 Å². The SMILES string of the molecule is Cc1cnc(NCC2CCC2)cc1N. The van der Waals surface area contributed by atoms with E-state index in [2.05, 4.69) is 10.3 Å². The van der Waals surface area contributed by atoms with Gasteiger partial charge in [0.15, 0.2) is 0 Å². The number of aromatic nitrogens is 1. The Morgan fingerprint density at radius 3 is 2.93 bits per heavy atom. The standard InChI is InChI=1S/C11H17N3/c1-8-6-13-11(5-10(8)12)14-7-9-3-2-4-9/h5-6,9H,2-4,7H2,1H3,(H3,12,13,14). The van der Waals surface area contributed by atoms with E-state index in [-0.39, 0.29) is 0 Å². The first-order chi connectivity index (χ1) is 6.75. The quantitative estimate of drug-likeness (QED) is 0.770. The molecule has 0 aromatic carbocycles. The maximum absolute atomic E-state index is 5.79. The highest BCUT2D eigenvalue weighted by Crippen LogP contribution is 2.26. The van der Waals surface area contributed by atoms with Crippen molar-refractivity contribution >= 4 is 11.5 Å². The van der Waals surface area contributed by atoms with Crippen LogP contribution in [0.5, 0.6) is 0 Å². The number of nitrogens with zero attached hydrogens (tertiary/aromatic N) is 1. The van der Waals surface area contributed by atoms with Crippen molar-refractivity contribution < 1.29 is 0 Å². The fourth-order valence-electron chi connectivity index (χ4n) is 1.58. The topological polar surface area (TPSA) is 50.9 Å². The molecule has 0 aliphatic heterocycles. The second-order valence-electron chi connectivity index (χ2n) is 4.10. The van der Waals surface area contributed by atoms with Crippen molar-refractivity contribution in [3.05, 3.63) is 17.8 Å². The Morgan fingerprint density at radius 1 is 1.57 bits per heavy atom. The van der Waals surface area contributed by atoms with Crippen molar-refractivity contribution in [1.29, 1.82) is 0 Å². The van der Waals surface area contributed by atoms with Crippen molar-refractivity contribution in [2.75, 3.05) is 17.6 Å². The number of anilines is 2. The van der Waals surface area contributed by atoms with Crippen LogP contribution >= 0.6 is 0 Å². The molecule has 1 aliphatic carbocycles. The second kappa shape index (κ2) is 3.86. The highest BCUT2D eigenvalue weighted by Gasteiger charge is 2.16. The third-order valence-electron chi connectivity index (χ3n) is 2.94. The summed E-state index contributed by atoms with van der Waals surface area (Å²) in [5.74, 6) is 1.75. The van der Waals surface area contributed by atoms with Crippen molar-refractivity contribution in [3.8, 4) is 0 Å².